The van der Waals surface area contributed by atoms with Crippen LogP contribution in [0.25, 0.3) is 0 Å². The van der Waals surface area contributed by atoms with Crippen LogP contribution in [-0.2, 0) is 9.59 Å². The van der Waals surface area contributed by atoms with Gasteiger partial charge in [0.2, 0.25) is 11.8 Å². The van der Waals surface area contributed by atoms with E-state index < -0.39 is 0 Å². The lowest BCUT2D eigenvalue weighted by molar-refractivity contribution is -0.135. The minimum Gasteiger partial charge on any atom is -0.296 e. The van der Waals surface area contributed by atoms with Gasteiger partial charge in [-0.05, 0) is 39.7 Å². The minimum absolute atomic E-state index is 0.108. The molecule has 1 saturated heterocycles. The summed E-state index contributed by atoms with van der Waals surface area (Å²) in [5.74, 6) is -0.865. The highest BCUT2D eigenvalue weighted by Crippen LogP contribution is 2.41. The largest absolute Gasteiger partial charge is 0.296 e. The fourth-order valence-electron chi connectivity index (χ4n) is 2.61. The molecule has 1 aromatic heterocycles. The summed E-state index contributed by atoms with van der Waals surface area (Å²) in [6.45, 7) is 0. The second-order valence-corrected chi connectivity index (χ2v) is 7.69. The Bertz CT molecular complexity index is 696. The van der Waals surface area contributed by atoms with Gasteiger partial charge in [-0.1, -0.05) is 28.1 Å². The average Bonchev–Trinajstić information content (AvgIpc) is 2.86. The highest BCUT2D eigenvalue weighted by atomic mass is 79.9. The fourth-order valence-corrected chi connectivity index (χ4v) is 4.46. The maximum Gasteiger partial charge on any atom is 0.234 e. The van der Waals surface area contributed by atoms with E-state index in [4.69, 9.17) is 0 Å². The lowest BCUT2D eigenvalue weighted by Crippen LogP contribution is -2.43. The third-order valence-electron chi connectivity index (χ3n) is 3.54. The minimum atomic E-state index is -0.332. The second-order valence-electron chi connectivity index (χ2n) is 4.92. The number of halogens is 2. The van der Waals surface area contributed by atoms with Crippen LogP contribution in [0.2, 0.25) is 0 Å². The molecule has 21 heavy (non-hydrogen) atoms. The van der Waals surface area contributed by atoms with E-state index >= 15 is 0 Å². The zero-order valence-electron chi connectivity index (χ0n) is 10.8. The van der Waals surface area contributed by atoms with Crippen molar-refractivity contribution in [3.8, 4) is 0 Å². The van der Waals surface area contributed by atoms with Crippen LogP contribution in [0.1, 0.15) is 28.7 Å². The molecule has 0 radical (unpaired) electrons. The predicted molar refractivity (Wildman–Crippen MR) is 89.4 cm³/mol. The summed E-state index contributed by atoms with van der Waals surface area (Å²) in [6, 6.07) is 9.69. The zero-order valence-corrected chi connectivity index (χ0v) is 14.8. The second kappa shape index (κ2) is 6.02. The highest BCUT2D eigenvalue weighted by Gasteiger charge is 2.38. The van der Waals surface area contributed by atoms with Crippen LogP contribution in [0.5, 0.6) is 0 Å². The first-order valence-electron chi connectivity index (χ1n) is 6.37. The maximum absolute atomic E-state index is 12.3. The molecule has 1 N–H and O–H groups in total. The van der Waals surface area contributed by atoms with E-state index in [-0.39, 0.29) is 23.7 Å². The fraction of sp³-hybridized carbons (Fsp3) is 0.200. The number of carbonyl (C=O) groups excluding carboxylic acids is 2. The van der Waals surface area contributed by atoms with Crippen molar-refractivity contribution in [3.05, 3.63) is 55.1 Å². The van der Waals surface area contributed by atoms with Gasteiger partial charge in [0.1, 0.15) is 0 Å². The molecule has 0 bridgehead atoms. The molecule has 0 spiro atoms. The molecule has 2 unspecified atom stereocenters. The highest BCUT2D eigenvalue weighted by molar-refractivity contribution is 9.10. The molecule has 108 valence electrons. The van der Waals surface area contributed by atoms with Gasteiger partial charge in [-0.25, -0.2) is 0 Å². The van der Waals surface area contributed by atoms with Gasteiger partial charge in [-0.3, -0.25) is 14.9 Å². The van der Waals surface area contributed by atoms with Gasteiger partial charge >= 0.3 is 0 Å². The Morgan fingerprint density at radius 2 is 1.81 bits per heavy atom. The standard InChI is InChI=1S/C15H11Br2NO2S/c16-9-3-1-8(2-4-9)14-11(6-13(19)18-15(14)20)12-5-10(17)7-21-12/h1-5,7,11,14H,6H2,(H,18,19,20). The van der Waals surface area contributed by atoms with Crippen molar-refractivity contribution in [2.24, 2.45) is 0 Å². The topological polar surface area (TPSA) is 46.2 Å². The van der Waals surface area contributed by atoms with E-state index in [1.165, 1.54) is 0 Å². The summed E-state index contributed by atoms with van der Waals surface area (Å²) in [5.41, 5.74) is 0.928. The molecule has 0 saturated carbocycles. The smallest absolute Gasteiger partial charge is 0.234 e. The van der Waals surface area contributed by atoms with E-state index in [1.807, 2.05) is 35.7 Å². The van der Waals surface area contributed by atoms with Crippen molar-refractivity contribution in [2.75, 3.05) is 0 Å². The molecular weight excluding hydrogens is 418 g/mol. The molecule has 2 atom stereocenters. The van der Waals surface area contributed by atoms with Gasteiger partial charge in [0.15, 0.2) is 0 Å². The van der Waals surface area contributed by atoms with E-state index in [2.05, 4.69) is 37.2 Å². The average molecular weight is 429 g/mol. The number of carbonyl (C=O) groups is 2. The van der Waals surface area contributed by atoms with Gasteiger partial charge in [-0.15, -0.1) is 11.3 Å². The number of thiophene rings is 1. The van der Waals surface area contributed by atoms with E-state index in [0.717, 1.165) is 19.4 Å². The Hall–Kier alpha value is -0.980. The Balaban J connectivity index is 2.02. The normalized spacial score (nSPS) is 22.2. The van der Waals surface area contributed by atoms with Crippen LogP contribution in [0, 0.1) is 0 Å². The number of hydrogen-bond acceptors (Lipinski definition) is 3. The number of nitrogens with one attached hydrogen (secondary N) is 1. The molecule has 3 nitrogen and oxygen atoms in total. The summed E-state index contributed by atoms with van der Waals surface area (Å²) in [4.78, 5) is 25.1. The lowest BCUT2D eigenvalue weighted by Gasteiger charge is -2.29. The number of benzene rings is 1. The third-order valence-corrected chi connectivity index (χ3v) is 5.89. The molecule has 0 aliphatic carbocycles. The maximum atomic E-state index is 12.3. The Labute approximate surface area is 143 Å². The van der Waals surface area contributed by atoms with Crippen molar-refractivity contribution in [1.29, 1.82) is 0 Å². The lowest BCUT2D eigenvalue weighted by atomic mass is 9.80. The number of amides is 2. The van der Waals surface area contributed by atoms with Crippen molar-refractivity contribution in [1.82, 2.24) is 5.32 Å². The van der Waals surface area contributed by atoms with Gasteiger partial charge in [0, 0.05) is 31.5 Å². The predicted octanol–water partition coefficient (Wildman–Crippen LogP) is 4.19. The van der Waals surface area contributed by atoms with E-state index in [9.17, 15) is 9.59 Å². The van der Waals surface area contributed by atoms with Crippen molar-refractivity contribution in [3.63, 3.8) is 0 Å². The molecule has 1 aliphatic rings. The quantitative estimate of drug-likeness (QED) is 0.729. The van der Waals surface area contributed by atoms with E-state index in [1.54, 1.807) is 11.3 Å². The summed E-state index contributed by atoms with van der Waals surface area (Å²) >= 11 is 8.41. The first-order chi connectivity index (χ1) is 10.0. The van der Waals surface area contributed by atoms with Gasteiger partial charge < -0.3 is 0 Å². The SMILES string of the molecule is O=C1CC(c2cc(Br)cs2)C(c2ccc(Br)cc2)C(=O)N1. The Kier molecular flexibility index (Phi) is 4.28. The van der Waals surface area contributed by atoms with Crippen LogP contribution in [0.4, 0.5) is 0 Å². The monoisotopic (exact) mass is 427 g/mol. The van der Waals surface area contributed by atoms with Crippen LogP contribution in [0.15, 0.2) is 44.7 Å². The van der Waals surface area contributed by atoms with Crippen molar-refractivity contribution < 1.29 is 9.59 Å². The van der Waals surface area contributed by atoms with Crippen LogP contribution >= 0.6 is 43.2 Å². The Morgan fingerprint density at radius 1 is 1.10 bits per heavy atom. The first-order valence-corrected chi connectivity index (χ1v) is 8.84. The van der Waals surface area contributed by atoms with Crippen molar-refractivity contribution in [2.45, 2.75) is 18.3 Å². The molecule has 3 rings (SSSR count). The summed E-state index contributed by atoms with van der Waals surface area (Å²) in [7, 11) is 0. The summed E-state index contributed by atoms with van der Waals surface area (Å²) < 4.78 is 1.95. The van der Waals surface area contributed by atoms with Crippen molar-refractivity contribution >= 4 is 55.0 Å². The van der Waals surface area contributed by atoms with Crippen LogP contribution in [0.3, 0.4) is 0 Å². The van der Waals surface area contributed by atoms with Crippen LogP contribution < -0.4 is 5.32 Å². The summed E-state index contributed by atoms with van der Waals surface area (Å²) in [5, 5.41) is 4.43. The van der Waals surface area contributed by atoms with Gasteiger partial charge in [0.25, 0.3) is 0 Å². The summed E-state index contributed by atoms with van der Waals surface area (Å²) in [6.07, 6.45) is 0.333. The molecule has 2 aromatic rings. The van der Waals surface area contributed by atoms with E-state index in [0.29, 0.717) is 6.42 Å². The number of rotatable bonds is 2. The van der Waals surface area contributed by atoms with Crippen LogP contribution in [-0.4, -0.2) is 11.8 Å². The molecular formula is C15H11Br2NO2S. The molecule has 1 aromatic carbocycles. The molecule has 1 fully saturated rings. The molecule has 1 aliphatic heterocycles. The third kappa shape index (κ3) is 3.12. The van der Waals surface area contributed by atoms with Gasteiger partial charge in [-0.2, -0.15) is 0 Å². The molecule has 6 heteroatoms. The zero-order chi connectivity index (χ0) is 15.0. The van der Waals surface area contributed by atoms with Gasteiger partial charge in [0.05, 0.1) is 5.92 Å². The number of piperidine rings is 1. The first kappa shape index (κ1) is 14.9. The number of hydrogen-bond donors (Lipinski definition) is 1. The number of imide groups is 1. The molecule has 2 amide bonds. The Morgan fingerprint density at radius 3 is 2.43 bits per heavy atom. The molecule has 2 heterocycles.